The zero-order valence-electron chi connectivity index (χ0n) is 9.37. The van der Waals surface area contributed by atoms with Gasteiger partial charge in [-0.15, -0.1) is 10.2 Å². The minimum Gasteiger partial charge on any atom is -0.496 e. The summed E-state index contributed by atoms with van der Waals surface area (Å²) in [6.45, 7) is 0. The molecule has 0 unspecified atom stereocenters. The van der Waals surface area contributed by atoms with E-state index in [2.05, 4.69) is 10.2 Å². The number of methoxy groups -OCH3 is 1. The number of aromatic nitrogens is 3. The summed E-state index contributed by atoms with van der Waals surface area (Å²) in [6.07, 6.45) is 1.94. The van der Waals surface area contributed by atoms with Crippen LogP contribution in [-0.4, -0.2) is 21.7 Å². The van der Waals surface area contributed by atoms with Crippen molar-refractivity contribution >= 4 is 5.65 Å². The summed E-state index contributed by atoms with van der Waals surface area (Å²) < 4.78 is 7.28. The van der Waals surface area contributed by atoms with Gasteiger partial charge in [-0.2, -0.15) is 0 Å². The third-order valence-electron chi connectivity index (χ3n) is 2.66. The lowest BCUT2D eigenvalue weighted by Gasteiger charge is -2.05. The number of ether oxygens (including phenoxy) is 1. The number of pyridine rings is 1. The maximum atomic E-state index is 5.34. The minimum atomic E-state index is 0.790. The van der Waals surface area contributed by atoms with Crippen molar-refractivity contribution in [3.63, 3.8) is 0 Å². The van der Waals surface area contributed by atoms with Crippen LogP contribution in [0.15, 0.2) is 48.7 Å². The van der Waals surface area contributed by atoms with Gasteiger partial charge in [-0.25, -0.2) is 0 Å². The molecule has 0 radical (unpaired) electrons. The molecular formula is C13H11N3O. The van der Waals surface area contributed by atoms with Crippen molar-refractivity contribution in [1.29, 1.82) is 0 Å². The van der Waals surface area contributed by atoms with E-state index in [0.29, 0.717) is 0 Å². The normalized spacial score (nSPS) is 10.6. The zero-order chi connectivity index (χ0) is 11.7. The van der Waals surface area contributed by atoms with Crippen LogP contribution in [0, 0.1) is 0 Å². The van der Waals surface area contributed by atoms with Crippen molar-refractivity contribution in [3.8, 4) is 17.1 Å². The second-order valence-corrected chi connectivity index (χ2v) is 3.65. The van der Waals surface area contributed by atoms with Crippen molar-refractivity contribution in [3.05, 3.63) is 48.7 Å². The fraction of sp³-hybridized carbons (Fsp3) is 0.0769. The fourth-order valence-electron chi connectivity index (χ4n) is 1.85. The highest BCUT2D eigenvalue weighted by Gasteiger charge is 2.11. The number of hydrogen-bond donors (Lipinski definition) is 0. The molecule has 0 fully saturated rings. The van der Waals surface area contributed by atoms with Crippen LogP contribution >= 0.6 is 0 Å². The van der Waals surface area contributed by atoms with Gasteiger partial charge in [-0.05, 0) is 24.3 Å². The Kier molecular flexibility index (Phi) is 2.26. The molecule has 2 aromatic heterocycles. The lowest BCUT2D eigenvalue weighted by atomic mass is 10.2. The second kappa shape index (κ2) is 3.90. The number of para-hydroxylation sites is 1. The molecule has 1 aromatic carbocycles. The predicted octanol–water partition coefficient (Wildman–Crippen LogP) is 2.40. The maximum Gasteiger partial charge on any atom is 0.172 e. The third-order valence-corrected chi connectivity index (χ3v) is 2.66. The van der Waals surface area contributed by atoms with E-state index in [1.807, 2.05) is 53.1 Å². The molecule has 3 aromatic rings. The van der Waals surface area contributed by atoms with Crippen LogP contribution in [0.1, 0.15) is 0 Å². The van der Waals surface area contributed by atoms with E-state index in [1.165, 1.54) is 0 Å². The van der Waals surface area contributed by atoms with Crippen LogP contribution in [0.3, 0.4) is 0 Å². The number of rotatable bonds is 2. The predicted molar refractivity (Wildman–Crippen MR) is 65.0 cm³/mol. The fourth-order valence-corrected chi connectivity index (χ4v) is 1.85. The van der Waals surface area contributed by atoms with E-state index in [0.717, 1.165) is 22.8 Å². The Morgan fingerprint density at radius 2 is 1.82 bits per heavy atom. The van der Waals surface area contributed by atoms with Crippen LogP contribution in [0.2, 0.25) is 0 Å². The van der Waals surface area contributed by atoms with Crippen molar-refractivity contribution < 1.29 is 4.74 Å². The average Bonchev–Trinajstić information content (AvgIpc) is 2.82. The van der Waals surface area contributed by atoms with Crippen LogP contribution in [0.5, 0.6) is 5.75 Å². The van der Waals surface area contributed by atoms with Gasteiger partial charge >= 0.3 is 0 Å². The summed E-state index contributed by atoms with van der Waals surface area (Å²) in [4.78, 5) is 0. The molecule has 0 aliphatic carbocycles. The number of benzene rings is 1. The van der Waals surface area contributed by atoms with Crippen molar-refractivity contribution in [2.75, 3.05) is 7.11 Å². The smallest absolute Gasteiger partial charge is 0.172 e. The van der Waals surface area contributed by atoms with Gasteiger partial charge in [-0.1, -0.05) is 18.2 Å². The molecule has 0 aliphatic rings. The minimum absolute atomic E-state index is 0.790. The first-order valence-corrected chi connectivity index (χ1v) is 5.33. The highest BCUT2D eigenvalue weighted by molar-refractivity contribution is 5.66. The standard InChI is InChI=1S/C13H11N3O/c1-17-11-7-3-2-6-10(11)13-15-14-12-8-4-5-9-16(12)13/h2-9H,1H3. The van der Waals surface area contributed by atoms with Gasteiger partial charge in [0.2, 0.25) is 0 Å². The quantitative estimate of drug-likeness (QED) is 0.672. The van der Waals surface area contributed by atoms with Crippen LogP contribution in [0.25, 0.3) is 17.0 Å². The summed E-state index contributed by atoms with van der Waals surface area (Å²) >= 11 is 0. The molecule has 0 saturated carbocycles. The topological polar surface area (TPSA) is 39.4 Å². The first-order chi connectivity index (χ1) is 8.40. The third kappa shape index (κ3) is 1.54. The molecule has 0 amide bonds. The molecule has 0 atom stereocenters. The average molecular weight is 225 g/mol. The summed E-state index contributed by atoms with van der Waals surface area (Å²) in [5, 5.41) is 8.33. The Bertz CT molecular complexity index is 660. The van der Waals surface area contributed by atoms with Gasteiger partial charge in [0.05, 0.1) is 12.7 Å². The molecule has 3 rings (SSSR count). The Labute approximate surface area is 98.5 Å². The molecule has 17 heavy (non-hydrogen) atoms. The van der Waals surface area contributed by atoms with Crippen molar-refractivity contribution in [2.45, 2.75) is 0 Å². The molecule has 4 heteroatoms. The summed E-state index contributed by atoms with van der Waals surface area (Å²) in [5.41, 5.74) is 1.77. The van der Waals surface area contributed by atoms with E-state index >= 15 is 0 Å². The molecule has 0 spiro atoms. The lowest BCUT2D eigenvalue weighted by molar-refractivity contribution is 0.416. The molecule has 0 N–H and O–H groups in total. The SMILES string of the molecule is COc1ccccc1-c1nnc2ccccn12. The Balaban J connectivity index is 2.27. The van der Waals surface area contributed by atoms with Gasteiger partial charge in [-0.3, -0.25) is 4.40 Å². The van der Waals surface area contributed by atoms with Gasteiger partial charge in [0.15, 0.2) is 11.5 Å². The van der Waals surface area contributed by atoms with Crippen LogP contribution < -0.4 is 4.74 Å². The van der Waals surface area contributed by atoms with E-state index in [1.54, 1.807) is 7.11 Å². The van der Waals surface area contributed by atoms with Gasteiger partial charge in [0, 0.05) is 6.20 Å². The van der Waals surface area contributed by atoms with Gasteiger partial charge in [0.25, 0.3) is 0 Å². The Morgan fingerprint density at radius 3 is 2.71 bits per heavy atom. The Morgan fingerprint density at radius 1 is 1.00 bits per heavy atom. The van der Waals surface area contributed by atoms with Gasteiger partial charge in [0.1, 0.15) is 5.75 Å². The highest BCUT2D eigenvalue weighted by atomic mass is 16.5. The summed E-state index contributed by atoms with van der Waals surface area (Å²) in [5.74, 6) is 1.59. The van der Waals surface area contributed by atoms with Crippen molar-refractivity contribution in [1.82, 2.24) is 14.6 Å². The zero-order valence-corrected chi connectivity index (χ0v) is 9.37. The molecule has 0 bridgehead atoms. The number of hydrogen-bond acceptors (Lipinski definition) is 3. The molecular weight excluding hydrogens is 214 g/mol. The highest BCUT2D eigenvalue weighted by Crippen LogP contribution is 2.28. The monoisotopic (exact) mass is 225 g/mol. The largest absolute Gasteiger partial charge is 0.496 e. The van der Waals surface area contributed by atoms with Crippen LogP contribution in [0.4, 0.5) is 0 Å². The first kappa shape index (κ1) is 9.84. The Hall–Kier alpha value is -2.36. The van der Waals surface area contributed by atoms with Gasteiger partial charge < -0.3 is 4.74 Å². The van der Waals surface area contributed by atoms with E-state index in [9.17, 15) is 0 Å². The second-order valence-electron chi connectivity index (χ2n) is 3.65. The molecule has 2 heterocycles. The van der Waals surface area contributed by atoms with E-state index < -0.39 is 0 Å². The molecule has 84 valence electrons. The molecule has 4 nitrogen and oxygen atoms in total. The molecule has 0 aliphatic heterocycles. The lowest BCUT2D eigenvalue weighted by Crippen LogP contribution is -1.92. The van der Waals surface area contributed by atoms with Crippen LogP contribution in [-0.2, 0) is 0 Å². The van der Waals surface area contributed by atoms with E-state index in [4.69, 9.17) is 4.74 Å². The van der Waals surface area contributed by atoms with E-state index in [-0.39, 0.29) is 0 Å². The maximum absolute atomic E-state index is 5.34. The summed E-state index contributed by atoms with van der Waals surface area (Å²) in [6, 6.07) is 13.6. The number of fused-ring (bicyclic) bond motifs is 1. The molecule has 0 saturated heterocycles. The number of nitrogens with zero attached hydrogens (tertiary/aromatic N) is 3. The first-order valence-electron chi connectivity index (χ1n) is 5.33. The van der Waals surface area contributed by atoms with Crippen molar-refractivity contribution in [2.24, 2.45) is 0 Å². The summed E-state index contributed by atoms with van der Waals surface area (Å²) in [7, 11) is 1.65.